The van der Waals surface area contributed by atoms with Crippen LogP contribution in [0.4, 0.5) is 0 Å². The zero-order valence-electron chi connectivity index (χ0n) is 17.5. The minimum Gasteiger partial charge on any atom is -0.486 e. The van der Waals surface area contributed by atoms with Gasteiger partial charge in [0.05, 0.1) is 12.6 Å². The molecule has 1 atom stereocenters. The van der Waals surface area contributed by atoms with Crippen LogP contribution in [-0.4, -0.2) is 54.6 Å². The number of benzene rings is 1. The third-order valence-corrected chi connectivity index (χ3v) is 7.14. The van der Waals surface area contributed by atoms with E-state index in [1.807, 2.05) is 6.07 Å². The smallest absolute Gasteiger partial charge is 0.237 e. The molecule has 2 aliphatic carbocycles. The molecule has 1 aromatic carbocycles. The fourth-order valence-corrected chi connectivity index (χ4v) is 5.36. The second-order valence-corrected chi connectivity index (χ2v) is 9.31. The summed E-state index contributed by atoms with van der Waals surface area (Å²) >= 11 is 0. The Balaban J connectivity index is 1.28. The molecule has 1 aromatic rings. The Hall–Kier alpha value is -1.75. The van der Waals surface area contributed by atoms with Crippen molar-refractivity contribution < 1.29 is 14.3 Å². The average molecular weight is 399 g/mol. The maximum atomic E-state index is 13.4. The first-order valence-corrected chi connectivity index (χ1v) is 11.7. The third kappa shape index (κ3) is 4.40. The van der Waals surface area contributed by atoms with Crippen molar-refractivity contribution in [2.45, 2.75) is 69.9 Å². The van der Waals surface area contributed by atoms with Gasteiger partial charge in [-0.05, 0) is 62.1 Å². The summed E-state index contributed by atoms with van der Waals surface area (Å²) < 4.78 is 11.4. The van der Waals surface area contributed by atoms with Crippen LogP contribution in [0.2, 0.25) is 0 Å². The summed E-state index contributed by atoms with van der Waals surface area (Å²) in [5.74, 6) is 2.79. The monoisotopic (exact) mass is 398 g/mol. The number of likely N-dealkylation sites (tertiary alicyclic amines) is 1. The molecule has 3 fully saturated rings. The van der Waals surface area contributed by atoms with Crippen molar-refractivity contribution in [1.82, 2.24) is 9.80 Å². The van der Waals surface area contributed by atoms with E-state index in [0.29, 0.717) is 31.7 Å². The predicted molar refractivity (Wildman–Crippen MR) is 112 cm³/mol. The van der Waals surface area contributed by atoms with Crippen molar-refractivity contribution in [1.29, 1.82) is 0 Å². The van der Waals surface area contributed by atoms with Crippen LogP contribution in [0.15, 0.2) is 18.2 Å². The Labute approximate surface area is 174 Å². The van der Waals surface area contributed by atoms with Crippen molar-refractivity contribution in [3.05, 3.63) is 23.8 Å². The maximum Gasteiger partial charge on any atom is 0.237 e. The van der Waals surface area contributed by atoms with Crippen LogP contribution in [-0.2, 0) is 4.79 Å². The minimum absolute atomic E-state index is 0.174. The number of nitrogens with zero attached hydrogens (tertiary/aromatic N) is 2. The van der Waals surface area contributed by atoms with E-state index in [9.17, 15) is 4.79 Å². The molecule has 0 bridgehead atoms. The highest BCUT2D eigenvalue weighted by Gasteiger charge is 2.35. The molecule has 158 valence electrons. The molecule has 1 unspecified atom stereocenters. The topological polar surface area (TPSA) is 42.0 Å². The number of fused-ring (bicyclic) bond motifs is 1. The fourth-order valence-electron chi connectivity index (χ4n) is 5.36. The largest absolute Gasteiger partial charge is 0.486 e. The van der Waals surface area contributed by atoms with Crippen LogP contribution in [0.3, 0.4) is 0 Å². The summed E-state index contributed by atoms with van der Waals surface area (Å²) in [6.07, 6.45) is 11.4. The number of carbonyl (C=O) groups is 1. The molecule has 0 radical (unpaired) electrons. The Morgan fingerprint density at radius 1 is 0.966 bits per heavy atom. The molecule has 5 rings (SSSR count). The van der Waals surface area contributed by atoms with Crippen LogP contribution in [0.25, 0.3) is 0 Å². The lowest BCUT2D eigenvalue weighted by Crippen LogP contribution is -2.46. The lowest BCUT2D eigenvalue weighted by atomic mass is 9.94. The highest BCUT2D eigenvalue weighted by Crippen LogP contribution is 2.38. The summed E-state index contributed by atoms with van der Waals surface area (Å²) in [7, 11) is 0. The highest BCUT2D eigenvalue weighted by atomic mass is 16.6. The van der Waals surface area contributed by atoms with E-state index in [0.717, 1.165) is 43.3 Å². The molecule has 1 amide bonds. The van der Waals surface area contributed by atoms with Gasteiger partial charge in [-0.15, -0.1) is 0 Å². The van der Waals surface area contributed by atoms with Gasteiger partial charge in [0.25, 0.3) is 0 Å². The predicted octanol–water partition coefficient (Wildman–Crippen LogP) is 4.17. The van der Waals surface area contributed by atoms with Gasteiger partial charge in [0.2, 0.25) is 5.91 Å². The Bertz CT molecular complexity index is 727. The summed E-state index contributed by atoms with van der Waals surface area (Å²) in [4.78, 5) is 18.1. The van der Waals surface area contributed by atoms with Crippen LogP contribution in [0.1, 0.15) is 69.4 Å². The molecule has 2 saturated carbocycles. The number of amides is 1. The molecule has 0 N–H and O–H groups in total. The van der Waals surface area contributed by atoms with E-state index < -0.39 is 0 Å². The SMILES string of the molecule is O=C(CN(CC1CC1)C1CCCCC1)N1CCCC1c1ccc2c(c1)OCCO2. The molecule has 0 spiro atoms. The molecule has 0 aromatic heterocycles. The van der Waals surface area contributed by atoms with Crippen molar-refractivity contribution in [2.75, 3.05) is 32.8 Å². The minimum atomic E-state index is 0.174. The highest BCUT2D eigenvalue weighted by molar-refractivity contribution is 5.79. The first-order valence-electron chi connectivity index (χ1n) is 11.7. The molecular weight excluding hydrogens is 364 g/mol. The molecule has 2 aliphatic heterocycles. The number of hydrogen-bond donors (Lipinski definition) is 0. The Morgan fingerprint density at radius 2 is 1.76 bits per heavy atom. The zero-order valence-corrected chi connectivity index (χ0v) is 17.5. The number of ether oxygens (including phenoxy) is 2. The van der Waals surface area contributed by atoms with E-state index in [2.05, 4.69) is 21.9 Å². The summed E-state index contributed by atoms with van der Waals surface area (Å²) in [5, 5.41) is 0. The van der Waals surface area contributed by atoms with Crippen molar-refractivity contribution >= 4 is 5.91 Å². The standard InChI is InChI=1S/C24H34N2O3/c27-24(17-25(16-18-8-9-18)20-5-2-1-3-6-20)26-12-4-7-21(26)19-10-11-22-23(15-19)29-14-13-28-22/h10-11,15,18,20-21H,1-9,12-14,16-17H2. The van der Waals surface area contributed by atoms with Crippen LogP contribution < -0.4 is 9.47 Å². The van der Waals surface area contributed by atoms with Gasteiger partial charge >= 0.3 is 0 Å². The van der Waals surface area contributed by atoms with Gasteiger partial charge in [-0.25, -0.2) is 0 Å². The average Bonchev–Trinajstić information content (AvgIpc) is 3.45. The molecule has 5 heteroatoms. The third-order valence-electron chi connectivity index (χ3n) is 7.14. The molecule has 1 saturated heterocycles. The maximum absolute atomic E-state index is 13.4. The number of rotatable bonds is 6. The lowest BCUT2D eigenvalue weighted by molar-refractivity contribution is -0.134. The lowest BCUT2D eigenvalue weighted by Gasteiger charge is -2.36. The normalized spacial score (nSPS) is 24.9. The van der Waals surface area contributed by atoms with E-state index >= 15 is 0 Å². The molecular formula is C24H34N2O3. The van der Waals surface area contributed by atoms with Crippen LogP contribution in [0, 0.1) is 5.92 Å². The second-order valence-electron chi connectivity index (χ2n) is 9.31. The van der Waals surface area contributed by atoms with Crippen molar-refractivity contribution in [3.63, 3.8) is 0 Å². The van der Waals surface area contributed by atoms with Crippen molar-refractivity contribution in [3.8, 4) is 11.5 Å². The molecule has 29 heavy (non-hydrogen) atoms. The number of carbonyl (C=O) groups excluding carboxylic acids is 1. The summed E-state index contributed by atoms with van der Waals surface area (Å²) in [6.45, 7) is 3.81. The summed E-state index contributed by atoms with van der Waals surface area (Å²) in [5.41, 5.74) is 1.19. The van der Waals surface area contributed by atoms with Gasteiger partial charge in [0.15, 0.2) is 11.5 Å². The quantitative estimate of drug-likeness (QED) is 0.721. The van der Waals surface area contributed by atoms with Gasteiger partial charge in [0.1, 0.15) is 13.2 Å². The van der Waals surface area contributed by atoms with E-state index in [1.54, 1.807) is 0 Å². The Kier molecular flexibility index (Phi) is 5.67. The zero-order chi connectivity index (χ0) is 19.6. The summed E-state index contributed by atoms with van der Waals surface area (Å²) in [6, 6.07) is 7.00. The first-order chi connectivity index (χ1) is 14.3. The second kappa shape index (κ2) is 8.55. The van der Waals surface area contributed by atoms with Gasteiger partial charge < -0.3 is 14.4 Å². The Morgan fingerprint density at radius 3 is 2.55 bits per heavy atom. The van der Waals surface area contributed by atoms with Gasteiger partial charge in [-0.2, -0.15) is 0 Å². The molecule has 5 nitrogen and oxygen atoms in total. The van der Waals surface area contributed by atoms with E-state index in [4.69, 9.17) is 9.47 Å². The van der Waals surface area contributed by atoms with Crippen molar-refractivity contribution in [2.24, 2.45) is 5.92 Å². The number of hydrogen-bond acceptors (Lipinski definition) is 4. The van der Waals surface area contributed by atoms with E-state index in [1.165, 1.54) is 50.5 Å². The molecule has 2 heterocycles. The van der Waals surface area contributed by atoms with Gasteiger partial charge in [-0.1, -0.05) is 25.3 Å². The van der Waals surface area contributed by atoms with Gasteiger partial charge in [-0.3, -0.25) is 9.69 Å². The van der Waals surface area contributed by atoms with Crippen LogP contribution >= 0.6 is 0 Å². The van der Waals surface area contributed by atoms with E-state index in [-0.39, 0.29) is 6.04 Å². The van der Waals surface area contributed by atoms with Crippen LogP contribution in [0.5, 0.6) is 11.5 Å². The van der Waals surface area contributed by atoms with Gasteiger partial charge in [0, 0.05) is 19.1 Å². The molecule has 4 aliphatic rings. The fraction of sp³-hybridized carbons (Fsp3) is 0.708. The first kappa shape index (κ1) is 19.2.